The molecule has 2 aromatic carbocycles. The van der Waals surface area contributed by atoms with Crippen molar-refractivity contribution in [2.24, 2.45) is 0 Å². The molecular weight excluding hydrogens is 369 g/mol. The number of hydrogen-bond donors (Lipinski definition) is 1. The Morgan fingerprint density at radius 1 is 1.30 bits per heavy atom. The van der Waals surface area contributed by atoms with Crippen molar-refractivity contribution >= 4 is 28.5 Å². The van der Waals surface area contributed by atoms with E-state index in [0.717, 1.165) is 18.4 Å². The lowest BCUT2D eigenvalue weighted by molar-refractivity contribution is 0.0729. The Morgan fingerprint density at radius 3 is 2.96 bits per heavy atom. The molecule has 0 spiro atoms. The van der Waals surface area contributed by atoms with E-state index in [1.54, 1.807) is 4.90 Å². The first-order chi connectivity index (χ1) is 13.0. The number of carbonyl (C=O) groups excluding carboxylic acids is 1. The molecule has 1 unspecified atom stereocenters. The van der Waals surface area contributed by atoms with Crippen LogP contribution in [0.1, 0.15) is 28.9 Å². The number of hydrogen-bond acceptors (Lipinski definition) is 3. The summed E-state index contributed by atoms with van der Waals surface area (Å²) >= 11 is 6.05. The van der Waals surface area contributed by atoms with Crippen LogP contribution in [-0.4, -0.2) is 33.4 Å². The Balaban J connectivity index is 1.63. The minimum absolute atomic E-state index is 0.0129. The smallest absolute Gasteiger partial charge is 0.280 e. The predicted octanol–water partition coefficient (Wildman–Crippen LogP) is 3.56. The highest BCUT2D eigenvalue weighted by atomic mass is 35.5. The lowest BCUT2D eigenvalue weighted by Crippen LogP contribution is -2.40. The van der Waals surface area contributed by atoms with Gasteiger partial charge >= 0.3 is 0 Å². The molecule has 3 aromatic rings. The lowest BCUT2D eigenvalue weighted by atomic mass is 10.0. The largest absolute Gasteiger partial charge is 0.334 e. The van der Waals surface area contributed by atoms with Crippen LogP contribution in [0.15, 0.2) is 47.3 Å². The van der Waals surface area contributed by atoms with Gasteiger partial charge in [-0.1, -0.05) is 23.7 Å². The second kappa shape index (κ2) is 7.12. The van der Waals surface area contributed by atoms with Crippen molar-refractivity contribution in [1.82, 2.24) is 14.9 Å². The van der Waals surface area contributed by atoms with Gasteiger partial charge in [-0.2, -0.15) is 0 Å². The molecule has 1 N–H and O–H groups in total. The number of benzene rings is 2. The van der Waals surface area contributed by atoms with Gasteiger partial charge in [0.1, 0.15) is 5.82 Å². The summed E-state index contributed by atoms with van der Waals surface area (Å²) in [5.74, 6) is -0.868. The number of nitrogens with one attached hydrogen (secondary N) is 1. The Labute approximate surface area is 159 Å². The molecule has 0 saturated carbocycles. The molecule has 138 valence electrons. The van der Waals surface area contributed by atoms with E-state index in [0.29, 0.717) is 23.5 Å². The van der Waals surface area contributed by atoms with E-state index in [1.807, 2.05) is 24.3 Å². The van der Waals surface area contributed by atoms with Crippen LogP contribution in [0, 0.1) is 5.82 Å². The first-order valence-electron chi connectivity index (χ1n) is 8.76. The number of fused-ring (bicyclic) bond motifs is 1. The third-order valence-electron chi connectivity index (χ3n) is 4.86. The summed E-state index contributed by atoms with van der Waals surface area (Å²) in [5, 5.41) is 0.656. The van der Waals surface area contributed by atoms with E-state index >= 15 is 0 Å². The average Bonchev–Trinajstić information content (AvgIpc) is 3.08. The second-order valence-electron chi connectivity index (χ2n) is 6.70. The molecule has 27 heavy (non-hydrogen) atoms. The third kappa shape index (κ3) is 3.57. The summed E-state index contributed by atoms with van der Waals surface area (Å²) in [6.07, 6.45) is 2.39. The van der Waals surface area contributed by atoms with Gasteiger partial charge in [0.2, 0.25) is 0 Å². The summed E-state index contributed by atoms with van der Waals surface area (Å²) in [6.45, 7) is 0.576. The molecule has 0 bridgehead atoms. The molecule has 1 amide bonds. The van der Waals surface area contributed by atoms with Crippen LogP contribution >= 0.6 is 11.6 Å². The van der Waals surface area contributed by atoms with Crippen molar-refractivity contribution in [2.75, 3.05) is 6.54 Å². The van der Waals surface area contributed by atoms with Crippen LogP contribution in [0.3, 0.4) is 0 Å². The Bertz CT molecular complexity index is 1080. The summed E-state index contributed by atoms with van der Waals surface area (Å²) in [6, 6.07) is 11.4. The molecule has 2 heterocycles. The van der Waals surface area contributed by atoms with E-state index in [2.05, 4.69) is 9.97 Å². The van der Waals surface area contributed by atoms with Crippen molar-refractivity contribution in [3.05, 3.63) is 74.9 Å². The van der Waals surface area contributed by atoms with Gasteiger partial charge in [-0.05, 0) is 55.2 Å². The van der Waals surface area contributed by atoms with Crippen molar-refractivity contribution in [3.63, 3.8) is 0 Å². The van der Waals surface area contributed by atoms with Gasteiger partial charge < -0.3 is 9.88 Å². The number of rotatable bonds is 3. The van der Waals surface area contributed by atoms with Gasteiger partial charge in [0.15, 0.2) is 5.69 Å². The number of amides is 1. The number of aromatic amines is 1. The van der Waals surface area contributed by atoms with Crippen LogP contribution in [0.25, 0.3) is 11.0 Å². The van der Waals surface area contributed by atoms with Crippen LogP contribution < -0.4 is 5.56 Å². The van der Waals surface area contributed by atoms with Gasteiger partial charge in [0.25, 0.3) is 11.5 Å². The van der Waals surface area contributed by atoms with Crippen molar-refractivity contribution in [3.8, 4) is 0 Å². The Hall–Kier alpha value is -2.73. The van der Waals surface area contributed by atoms with E-state index in [4.69, 9.17) is 11.6 Å². The lowest BCUT2D eigenvalue weighted by Gasteiger charge is -2.24. The maximum atomic E-state index is 13.3. The highest BCUT2D eigenvalue weighted by Crippen LogP contribution is 2.24. The van der Waals surface area contributed by atoms with Crippen molar-refractivity contribution in [1.29, 1.82) is 0 Å². The molecule has 7 heteroatoms. The summed E-state index contributed by atoms with van der Waals surface area (Å²) < 4.78 is 13.3. The third-order valence-corrected chi connectivity index (χ3v) is 5.09. The summed E-state index contributed by atoms with van der Waals surface area (Å²) in [7, 11) is 0. The molecule has 4 rings (SSSR count). The molecular formula is C20H17ClFN3O2. The average molecular weight is 386 g/mol. The van der Waals surface area contributed by atoms with E-state index < -0.39 is 17.3 Å². The quantitative estimate of drug-likeness (QED) is 0.749. The van der Waals surface area contributed by atoms with Gasteiger partial charge in [-0.3, -0.25) is 9.59 Å². The molecule has 0 radical (unpaired) electrons. The van der Waals surface area contributed by atoms with Crippen LogP contribution in [-0.2, 0) is 6.42 Å². The first-order valence-corrected chi connectivity index (χ1v) is 9.14. The van der Waals surface area contributed by atoms with Crippen LogP contribution in [0.4, 0.5) is 4.39 Å². The fourth-order valence-electron chi connectivity index (χ4n) is 3.59. The zero-order chi connectivity index (χ0) is 19.0. The number of nitrogens with zero attached hydrogens (tertiary/aromatic N) is 2. The molecule has 0 aliphatic carbocycles. The normalized spacial score (nSPS) is 16.8. The standard InChI is InChI=1S/C20H17ClFN3O2/c21-13-4-1-3-12(9-13)10-15-5-2-8-25(15)20(27)18-19(26)24-17-11-14(22)6-7-16(17)23-18/h1,3-4,6-7,9,11,15H,2,5,8,10H2,(H,24,26). The molecule has 1 fully saturated rings. The molecule has 1 aliphatic rings. The fourth-order valence-corrected chi connectivity index (χ4v) is 3.80. The molecule has 1 saturated heterocycles. The molecule has 1 atom stereocenters. The predicted molar refractivity (Wildman–Crippen MR) is 102 cm³/mol. The van der Waals surface area contributed by atoms with Gasteiger partial charge in [-0.25, -0.2) is 9.37 Å². The zero-order valence-corrected chi connectivity index (χ0v) is 15.2. The van der Waals surface area contributed by atoms with Crippen LogP contribution in [0.5, 0.6) is 0 Å². The number of halogens is 2. The maximum absolute atomic E-state index is 13.3. The number of carbonyl (C=O) groups is 1. The summed E-state index contributed by atoms with van der Waals surface area (Å²) in [5.41, 5.74) is 0.931. The fraction of sp³-hybridized carbons (Fsp3) is 0.250. The number of H-pyrrole nitrogens is 1. The molecule has 1 aromatic heterocycles. The topological polar surface area (TPSA) is 66.1 Å². The minimum atomic E-state index is -0.605. The summed E-state index contributed by atoms with van der Waals surface area (Å²) in [4.78, 5) is 33.8. The zero-order valence-electron chi connectivity index (χ0n) is 14.4. The highest BCUT2D eigenvalue weighted by molar-refractivity contribution is 6.30. The highest BCUT2D eigenvalue weighted by Gasteiger charge is 2.31. The minimum Gasteiger partial charge on any atom is -0.334 e. The Morgan fingerprint density at radius 2 is 2.15 bits per heavy atom. The number of likely N-dealkylation sites (tertiary alicyclic amines) is 1. The first kappa shape index (κ1) is 17.7. The number of aromatic nitrogens is 2. The molecule has 1 aliphatic heterocycles. The van der Waals surface area contributed by atoms with E-state index in [-0.39, 0.29) is 17.3 Å². The van der Waals surface area contributed by atoms with Gasteiger partial charge in [-0.15, -0.1) is 0 Å². The SMILES string of the molecule is O=C(c1nc2ccc(F)cc2[nH]c1=O)N1CCCC1Cc1cccc(Cl)c1. The van der Waals surface area contributed by atoms with E-state index in [1.165, 1.54) is 18.2 Å². The Kier molecular flexibility index (Phi) is 4.66. The second-order valence-corrected chi connectivity index (χ2v) is 7.14. The van der Waals surface area contributed by atoms with Gasteiger partial charge in [0, 0.05) is 17.6 Å². The van der Waals surface area contributed by atoms with Crippen molar-refractivity contribution < 1.29 is 9.18 Å². The van der Waals surface area contributed by atoms with Crippen LogP contribution in [0.2, 0.25) is 5.02 Å². The molecule has 5 nitrogen and oxygen atoms in total. The monoisotopic (exact) mass is 385 g/mol. The van der Waals surface area contributed by atoms with E-state index in [9.17, 15) is 14.0 Å². The van der Waals surface area contributed by atoms with Crippen molar-refractivity contribution in [2.45, 2.75) is 25.3 Å². The maximum Gasteiger partial charge on any atom is 0.280 e. The van der Waals surface area contributed by atoms with Gasteiger partial charge in [0.05, 0.1) is 11.0 Å².